The van der Waals surface area contributed by atoms with E-state index < -0.39 is 12.0 Å². The van der Waals surface area contributed by atoms with Crippen LogP contribution in [0.2, 0.25) is 0 Å². The van der Waals surface area contributed by atoms with E-state index in [0.29, 0.717) is 25.9 Å². The fraction of sp³-hybridized carbons (Fsp3) is 0.688. The van der Waals surface area contributed by atoms with E-state index in [1.165, 1.54) is 38.5 Å². The lowest BCUT2D eigenvalue weighted by atomic mass is 10.1. The van der Waals surface area contributed by atoms with Crippen molar-refractivity contribution in [2.45, 2.75) is 123 Å². The molecule has 0 aliphatic carbocycles. The molecule has 2 N–H and O–H groups in total. The number of aliphatic imine (C=N–C) groups is 1. The highest BCUT2D eigenvalue weighted by molar-refractivity contribution is 5.85. The molecule has 0 bridgehead atoms. The minimum atomic E-state index is -0.802. The van der Waals surface area contributed by atoms with Gasteiger partial charge in [0.15, 0.2) is 0 Å². The molecule has 1 atom stereocenters. The predicted octanol–water partition coefficient (Wildman–Crippen LogP) is 6.53. The van der Waals surface area contributed by atoms with Gasteiger partial charge in [-0.05, 0) is 37.7 Å². The number of nitrogens with one attached hydrogen (secondary N) is 2. The van der Waals surface area contributed by atoms with Crippen LogP contribution in [0.1, 0.15) is 122 Å². The third-order valence-electron chi connectivity index (χ3n) is 6.61. The second-order valence-corrected chi connectivity index (χ2v) is 10.3. The minimum absolute atomic E-state index is 0.106. The van der Waals surface area contributed by atoms with Crippen molar-refractivity contribution < 1.29 is 19.1 Å². The molecule has 0 aromatic heterocycles. The van der Waals surface area contributed by atoms with E-state index in [-0.39, 0.29) is 31.3 Å². The molecule has 39 heavy (non-hydrogen) atoms. The number of carbonyl (C=O) groups excluding carboxylic acids is 3. The summed E-state index contributed by atoms with van der Waals surface area (Å²) in [4.78, 5) is 41.9. The van der Waals surface area contributed by atoms with Gasteiger partial charge in [-0.1, -0.05) is 102 Å². The second kappa shape index (κ2) is 24.3. The molecule has 1 aromatic rings. The van der Waals surface area contributed by atoms with Gasteiger partial charge in [0.2, 0.25) is 11.8 Å². The van der Waals surface area contributed by atoms with Crippen LogP contribution in [0, 0.1) is 0 Å². The summed E-state index contributed by atoms with van der Waals surface area (Å²) in [5, 5.41) is 5.69. The van der Waals surface area contributed by atoms with Crippen molar-refractivity contribution in [2.75, 3.05) is 19.7 Å². The minimum Gasteiger partial charge on any atom is -0.464 e. The number of benzene rings is 1. The quantitative estimate of drug-likeness (QED) is 0.0880. The van der Waals surface area contributed by atoms with Gasteiger partial charge in [0.05, 0.1) is 6.61 Å². The summed E-state index contributed by atoms with van der Waals surface area (Å²) in [6, 6.07) is 9.11. The Labute approximate surface area is 237 Å². The molecule has 1 aromatic carbocycles. The molecule has 7 nitrogen and oxygen atoms in total. The monoisotopic (exact) mass is 543 g/mol. The lowest BCUT2D eigenvalue weighted by Gasteiger charge is -2.18. The molecule has 0 radical (unpaired) electrons. The van der Waals surface area contributed by atoms with Crippen LogP contribution in [0.5, 0.6) is 0 Å². The second-order valence-electron chi connectivity index (χ2n) is 10.3. The van der Waals surface area contributed by atoms with Crippen molar-refractivity contribution in [2.24, 2.45) is 4.99 Å². The summed E-state index contributed by atoms with van der Waals surface area (Å²) in [7, 11) is 0. The van der Waals surface area contributed by atoms with Gasteiger partial charge in [0.1, 0.15) is 6.04 Å². The van der Waals surface area contributed by atoms with Crippen LogP contribution in [0.3, 0.4) is 0 Å². The standard InChI is InChI=1S/C32H53N3O4/c1-3-5-7-8-9-10-11-12-16-21-31(37)35-29(22-23-30(36)34-25-6-4-2)32(38)39-26-18-17-24-33-27-28-19-14-13-15-20-28/h13-15,19-20,27,29H,3-12,16-18,21-26H2,1-2H3,(H,34,36)(H,35,37)/t29-/m0/s1. The van der Waals surface area contributed by atoms with Crippen LogP contribution in [0.25, 0.3) is 0 Å². The van der Waals surface area contributed by atoms with Crippen LogP contribution in [-0.4, -0.2) is 49.7 Å². The summed E-state index contributed by atoms with van der Waals surface area (Å²) >= 11 is 0. The van der Waals surface area contributed by atoms with Gasteiger partial charge in [0, 0.05) is 32.1 Å². The summed E-state index contributed by atoms with van der Waals surface area (Å²) in [5.41, 5.74) is 1.06. The van der Waals surface area contributed by atoms with Gasteiger partial charge >= 0.3 is 5.97 Å². The molecule has 0 heterocycles. The number of rotatable bonds is 24. The topological polar surface area (TPSA) is 96.9 Å². The van der Waals surface area contributed by atoms with Gasteiger partial charge in [-0.25, -0.2) is 4.79 Å². The first kappa shape index (κ1) is 34.3. The first-order chi connectivity index (χ1) is 19.1. The smallest absolute Gasteiger partial charge is 0.328 e. The van der Waals surface area contributed by atoms with Crippen molar-refractivity contribution in [1.29, 1.82) is 0 Å². The van der Waals surface area contributed by atoms with Crippen molar-refractivity contribution in [1.82, 2.24) is 10.6 Å². The Balaban J connectivity index is 2.36. The molecule has 220 valence electrons. The molecule has 0 saturated heterocycles. The number of hydrogen-bond acceptors (Lipinski definition) is 5. The summed E-state index contributed by atoms with van der Waals surface area (Å²) in [6.07, 6.45) is 16.7. The average molecular weight is 544 g/mol. The zero-order chi connectivity index (χ0) is 28.4. The van der Waals surface area contributed by atoms with E-state index in [9.17, 15) is 14.4 Å². The molecular weight excluding hydrogens is 490 g/mol. The summed E-state index contributed by atoms with van der Waals surface area (Å²) < 4.78 is 5.46. The highest BCUT2D eigenvalue weighted by atomic mass is 16.5. The average Bonchev–Trinajstić information content (AvgIpc) is 2.94. The maximum atomic E-state index is 12.8. The Kier molecular flexibility index (Phi) is 21.4. The number of ether oxygens (including phenoxy) is 1. The number of unbranched alkanes of at least 4 members (excludes halogenated alkanes) is 10. The van der Waals surface area contributed by atoms with E-state index >= 15 is 0 Å². The molecule has 0 fully saturated rings. The number of esters is 1. The van der Waals surface area contributed by atoms with Crippen molar-refractivity contribution >= 4 is 24.0 Å². The van der Waals surface area contributed by atoms with Crippen LogP contribution in [0.15, 0.2) is 35.3 Å². The maximum Gasteiger partial charge on any atom is 0.328 e. The normalized spacial score (nSPS) is 11.8. The molecule has 0 spiro atoms. The molecular formula is C32H53N3O4. The lowest BCUT2D eigenvalue weighted by Crippen LogP contribution is -2.42. The Hall–Kier alpha value is -2.70. The molecule has 0 saturated carbocycles. The highest BCUT2D eigenvalue weighted by Gasteiger charge is 2.23. The van der Waals surface area contributed by atoms with Gasteiger partial charge < -0.3 is 15.4 Å². The van der Waals surface area contributed by atoms with Crippen LogP contribution in [-0.2, 0) is 19.1 Å². The molecule has 0 aliphatic rings. The first-order valence-corrected chi connectivity index (χ1v) is 15.3. The SMILES string of the molecule is CCCCCCCCCCCC(=O)N[C@@H](CCC(=O)NCCCC)C(=O)OCCCCN=Cc1ccccc1. The van der Waals surface area contributed by atoms with Gasteiger partial charge in [-0.3, -0.25) is 14.6 Å². The molecule has 0 aliphatic heterocycles. The largest absolute Gasteiger partial charge is 0.464 e. The zero-order valence-electron chi connectivity index (χ0n) is 24.6. The molecule has 7 heteroatoms. The zero-order valence-corrected chi connectivity index (χ0v) is 24.6. The number of amides is 2. The van der Waals surface area contributed by atoms with Crippen molar-refractivity contribution in [3.63, 3.8) is 0 Å². The van der Waals surface area contributed by atoms with Gasteiger partial charge in [-0.2, -0.15) is 0 Å². The first-order valence-electron chi connectivity index (χ1n) is 15.3. The van der Waals surface area contributed by atoms with Gasteiger partial charge in [-0.15, -0.1) is 0 Å². The number of nitrogens with zero attached hydrogens (tertiary/aromatic N) is 1. The Morgan fingerprint density at radius 1 is 0.795 bits per heavy atom. The van der Waals surface area contributed by atoms with E-state index in [2.05, 4.69) is 29.5 Å². The van der Waals surface area contributed by atoms with E-state index in [1.807, 2.05) is 36.5 Å². The van der Waals surface area contributed by atoms with E-state index in [1.54, 1.807) is 0 Å². The number of carbonyl (C=O) groups is 3. The fourth-order valence-corrected chi connectivity index (χ4v) is 4.17. The van der Waals surface area contributed by atoms with Crippen LogP contribution >= 0.6 is 0 Å². The Bertz CT molecular complexity index is 798. The lowest BCUT2D eigenvalue weighted by molar-refractivity contribution is -0.148. The number of hydrogen-bond donors (Lipinski definition) is 2. The molecule has 2 amide bonds. The molecule has 1 rings (SSSR count). The fourth-order valence-electron chi connectivity index (χ4n) is 4.17. The third kappa shape index (κ3) is 19.9. The summed E-state index contributed by atoms with van der Waals surface area (Å²) in [5.74, 6) is -0.725. The van der Waals surface area contributed by atoms with Crippen molar-refractivity contribution in [3.05, 3.63) is 35.9 Å². The molecule has 0 unspecified atom stereocenters. The van der Waals surface area contributed by atoms with Crippen LogP contribution < -0.4 is 10.6 Å². The Morgan fingerprint density at radius 3 is 2.15 bits per heavy atom. The highest BCUT2D eigenvalue weighted by Crippen LogP contribution is 2.11. The summed E-state index contributed by atoms with van der Waals surface area (Å²) in [6.45, 7) is 5.85. The maximum absolute atomic E-state index is 12.8. The van der Waals surface area contributed by atoms with E-state index in [0.717, 1.165) is 44.1 Å². The van der Waals surface area contributed by atoms with Gasteiger partial charge in [0.25, 0.3) is 0 Å². The Morgan fingerprint density at radius 2 is 1.46 bits per heavy atom. The van der Waals surface area contributed by atoms with E-state index in [4.69, 9.17) is 4.74 Å². The predicted molar refractivity (Wildman–Crippen MR) is 160 cm³/mol. The third-order valence-corrected chi connectivity index (χ3v) is 6.61. The van der Waals surface area contributed by atoms with Crippen molar-refractivity contribution in [3.8, 4) is 0 Å². The van der Waals surface area contributed by atoms with Crippen LogP contribution in [0.4, 0.5) is 0 Å².